The molecule has 16 heavy (non-hydrogen) atoms. The molecule has 0 amide bonds. The van der Waals surface area contributed by atoms with Crippen LogP contribution in [-0.4, -0.2) is 36.1 Å². The summed E-state index contributed by atoms with van der Waals surface area (Å²) in [7, 11) is 0. The van der Waals surface area contributed by atoms with Crippen molar-refractivity contribution in [1.82, 2.24) is 9.88 Å². The van der Waals surface area contributed by atoms with Crippen LogP contribution in [0.2, 0.25) is 0 Å². The van der Waals surface area contributed by atoms with E-state index in [-0.39, 0.29) is 0 Å². The first-order valence-electron chi connectivity index (χ1n) is 5.89. The highest BCUT2D eigenvalue weighted by Gasteiger charge is 2.11. The lowest BCUT2D eigenvalue weighted by Gasteiger charge is -2.15. The molecule has 1 aliphatic rings. The Bertz CT molecular complexity index is 324. The number of pyridine rings is 1. The van der Waals surface area contributed by atoms with Crippen LogP contribution in [0.3, 0.4) is 0 Å². The second-order valence-electron chi connectivity index (χ2n) is 4.05. The van der Waals surface area contributed by atoms with Gasteiger partial charge in [0, 0.05) is 19.3 Å². The summed E-state index contributed by atoms with van der Waals surface area (Å²) in [6.07, 6.45) is 4.39. The van der Waals surface area contributed by atoms with Crippen LogP contribution in [0.1, 0.15) is 18.5 Å². The molecule has 2 rings (SSSR count). The lowest BCUT2D eigenvalue weighted by atomic mass is 10.3. The molecule has 4 heteroatoms. The first kappa shape index (κ1) is 11.4. The summed E-state index contributed by atoms with van der Waals surface area (Å²) >= 11 is 0. The Morgan fingerprint density at radius 1 is 1.38 bits per heavy atom. The highest BCUT2D eigenvalue weighted by atomic mass is 16.5. The third-order valence-corrected chi connectivity index (χ3v) is 2.91. The molecule has 2 N–H and O–H groups in total. The average Bonchev–Trinajstić information content (AvgIpc) is 2.83. The number of nitrogens with zero attached hydrogens (tertiary/aromatic N) is 2. The highest BCUT2D eigenvalue weighted by Crippen LogP contribution is 2.14. The maximum Gasteiger partial charge on any atom is 0.142 e. The topological polar surface area (TPSA) is 51.4 Å². The third-order valence-electron chi connectivity index (χ3n) is 2.91. The number of aromatic nitrogens is 1. The van der Waals surface area contributed by atoms with Gasteiger partial charge >= 0.3 is 0 Å². The van der Waals surface area contributed by atoms with Gasteiger partial charge in [-0.15, -0.1) is 0 Å². The van der Waals surface area contributed by atoms with E-state index in [9.17, 15) is 0 Å². The van der Waals surface area contributed by atoms with Gasteiger partial charge in [-0.3, -0.25) is 9.88 Å². The number of rotatable bonds is 5. The zero-order valence-corrected chi connectivity index (χ0v) is 9.56. The van der Waals surface area contributed by atoms with Crippen LogP contribution < -0.4 is 10.5 Å². The molecule has 1 fully saturated rings. The van der Waals surface area contributed by atoms with Crippen LogP contribution in [0.4, 0.5) is 0 Å². The largest absolute Gasteiger partial charge is 0.490 e. The van der Waals surface area contributed by atoms with E-state index in [0.717, 1.165) is 24.6 Å². The van der Waals surface area contributed by atoms with Gasteiger partial charge in [0.1, 0.15) is 12.4 Å². The Morgan fingerprint density at radius 3 is 2.94 bits per heavy atom. The van der Waals surface area contributed by atoms with Crippen molar-refractivity contribution in [2.75, 3.05) is 26.2 Å². The Labute approximate surface area is 96.4 Å². The summed E-state index contributed by atoms with van der Waals surface area (Å²) in [5, 5.41) is 0. The minimum atomic E-state index is 0.430. The van der Waals surface area contributed by atoms with Gasteiger partial charge < -0.3 is 10.5 Å². The number of hydrogen-bond acceptors (Lipinski definition) is 4. The zero-order chi connectivity index (χ0) is 11.2. The Kier molecular flexibility index (Phi) is 4.13. The molecule has 1 aliphatic heterocycles. The first-order valence-corrected chi connectivity index (χ1v) is 5.89. The van der Waals surface area contributed by atoms with Gasteiger partial charge in [-0.2, -0.15) is 0 Å². The van der Waals surface area contributed by atoms with E-state index < -0.39 is 0 Å². The van der Waals surface area contributed by atoms with Gasteiger partial charge in [-0.05, 0) is 38.1 Å². The molecule has 1 aromatic rings. The van der Waals surface area contributed by atoms with Crippen molar-refractivity contribution in [2.45, 2.75) is 19.4 Å². The molecule has 88 valence electrons. The molecule has 0 aromatic carbocycles. The van der Waals surface area contributed by atoms with Crippen molar-refractivity contribution in [3.05, 3.63) is 24.0 Å². The lowest BCUT2D eigenvalue weighted by molar-refractivity contribution is 0.235. The van der Waals surface area contributed by atoms with Gasteiger partial charge in [0.25, 0.3) is 0 Å². The maximum atomic E-state index is 5.71. The van der Waals surface area contributed by atoms with Crippen molar-refractivity contribution >= 4 is 0 Å². The fourth-order valence-corrected chi connectivity index (χ4v) is 2.00. The number of ether oxygens (including phenoxy) is 1. The molecule has 0 saturated carbocycles. The monoisotopic (exact) mass is 221 g/mol. The van der Waals surface area contributed by atoms with Crippen molar-refractivity contribution in [3.8, 4) is 5.75 Å². The van der Waals surface area contributed by atoms with Gasteiger partial charge in [0.15, 0.2) is 0 Å². The average molecular weight is 221 g/mol. The minimum absolute atomic E-state index is 0.430. The molecule has 0 atom stereocenters. The predicted molar refractivity (Wildman–Crippen MR) is 63.3 cm³/mol. The van der Waals surface area contributed by atoms with E-state index in [1.165, 1.54) is 25.9 Å². The molecule has 0 unspecified atom stereocenters. The highest BCUT2D eigenvalue weighted by molar-refractivity contribution is 5.26. The molecule has 1 saturated heterocycles. The second-order valence-corrected chi connectivity index (χ2v) is 4.05. The zero-order valence-electron chi connectivity index (χ0n) is 9.56. The van der Waals surface area contributed by atoms with Crippen molar-refractivity contribution < 1.29 is 4.74 Å². The normalized spacial score (nSPS) is 16.6. The molecule has 2 heterocycles. The van der Waals surface area contributed by atoms with Gasteiger partial charge in [0.2, 0.25) is 0 Å². The van der Waals surface area contributed by atoms with Gasteiger partial charge in [-0.25, -0.2) is 0 Å². The lowest BCUT2D eigenvalue weighted by Crippen LogP contribution is -2.25. The molecule has 0 radical (unpaired) electrons. The summed E-state index contributed by atoms with van der Waals surface area (Å²) in [6, 6.07) is 3.81. The Balaban J connectivity index is 1.79. The Morgan fingerprint density at radius 2 is 2.19 bits per heavy atom. The summed E-state index contributed by atoms with van der Waals surface area (Å²) in [4.78, 5) is 6.61. The van der Waals surface area contributed by atoms with E-state index >= 15 is 0 Å². The molecule has 0 aliphatic carbocycles. The third kappa shape index (κ3) is 2.93. The number of likely N-dealkylation sites (tertiary alicyclic amines) is 1. The fourth-order valence-electron chi connectivity index (χ4n) is 2.00. The van der Waals surface area contributed by atoms with Crippen LogP contribution in [0.15, 0.2) is 18.3 Å². The molecule has 4 nitrogen and oxygen atoms in total. The van der Waals surface area contributed by atoms with Crippen LogP contribution in [0.5, 0.6) is 5.75 Å². The molecular weight excluding hydrogens is 202 g/mol. The predicted octanol–water partition coefficient (Wildman–Crippen LogP) is 1.01. The van der Waals surface area contributed by atoms with E-state index in [0.29, 0.717) is 6.54 Å². The molecule has 1 aromatic heterocycles. The van der Waals surface area contributed by atoms with E-state index in [2.05, 4.69) is 9.88 Å². The van der Waals surface area contributed by atoms with Crippen LogP contribution in [-0.2, 0) is 6.54 Å². The standard InChI is InChI=1S/C12H19N3O/c13-10-11-12(4-3-5-14-11)16-9-8-15-6-1-2-7-15/h3-5H,1-2,6-10,13H2. The quantitative estimate of drug-likeness (QED) is 0.806. The van der Waals surface area contributed by atoms with Crippen LogP contribution in [0.25, 0.3) is 0 Å². The summed E-state index contributed by atoms with van der Waals surface area (Å²) in [5.41, 5.74) is 6.43. The maximum absolute atomic E-state index is 5.71. The summed E-state index contributed by atoms with van der Waals surface area (Å²) in [5.74, 6) is 0.823. The minimum Gasteiger partial charge on any atom is -0.490 e. The van der Waals surface area contributed by atoms with E-state index in [1.54, 1.807) is 6.20 Å². The van der Waals surface area contributed by atoms with Crippen molar-refractivity contribution in [1.29, 1.82) is 0 Å². The SMILES string of the molecule is NCc1ncccc1OCCN1CCCC1. The molecule has 0 bridgehead atoms. The number of nitrogens with two attached hydrogens (primary N) is 1. The molecule has 0 spiro atoms. The summed E-state index contributed by atoms with van der Waals surface area (Å²) in [6.45, 7) is 4.57. The van der Waals surface area contributed by atoms with E-state index in [1.807, 2.05) is 12.1 Å². The molecular formula is C12H19N3O. The van der Waals surface area contributed by atoms with E-state index in [4.69, 9.17) is 10.5 Å². The van der Waals surface area contributed by atoms with Crippen molar-refractivity contribution in [3.63, 3.8) is 0 Å². The van der Waals surface area contributed by atoms with Gasteiger partial charge in [0.05, 0.1) is 5.69 Å². The number of hydrogen-bond donors (Lipinski definition) is 1. The summed E-state index contributed by atoms with van der Waals surface area (Å²) < 4.78 is 5.71. The first-order chi connectivity index (χ1) is 7.90. The van der Waals surface area contributed by atoms with Crippen molar-refractivity contribution in [2.24, 2.45) is 5.73 Å². The van der Waals surface area contributed by atoms with Crippen LogP contribution in [0, 0.1) is 0 Å². The second kappa shape index (κ2) is 5.82. The Hall–Kier alpha value is -1.13. The van der Waals surface area contributed by atoms with Crippen LogP contribution >= 0.6 is 0 Å². The smallest absolute Gasteiger partial charge is 0.142 e. The fraction of sp³-hybridized carbons (Fsp3) is 0.583. The van der Waals surface area contributed by atoms with Gasteiger partial charge in [-0.1, -0.05) is 0 Å².